The van der Waals surface area contributed by atoms with Crippen LogP contribution in [0.3, 0.4) is 0 Å². The van der Waals surface area contributed by atoms with Crippen LogP contribution in [0.25, 0.3) is 0 Å². The zero-order chi connectivity index (χ0) is 23.5. The van der Waals surface area contributed by atoms with Gasteiger partial charge in [0.15, 0.2) is 6.61 Å². The van der Waals surface area contributed by atoms with Crippen molar-refractivity contribution in [1.29, 1.82) is 0 Å². The number of hydrogen-bond acceptors (Lipinski definition) is 4. The van der Waals surface area contributed by atoms with E-state index in [-0.39, 0.29) is 23.8 Å². The highest BCUT2D eigenvalue weighted by molar-refractivity contribution is 9.10. The summed E-state index contributed by atoms with van der Waals surface area (Å²) in [6.07, 6.45) is 0. The van der Waals surface area contributed by atoms with Crippen LogP contribution in [0.1, 0.15) is 16.5 Å². The minimum Gasteiger partial charge on any atom is -0.483 e. The molecule has 3 aromatic carbocycles. The van der Waals surface area contributed by atoms with Crippen molar-refractivity contribution in [3.05, 3.63) is 86.3 Å². The van der Waals surface area contributed by atoms with Gasteiger partial charge in [-0.3, -0.25) is 14.5 Å². The number of carbonyl (C=O) groups excluding carboxylic acids is 2. The lowest BCUT2D eigenvalue weighted by Gasteiger charge is -2.25. The van der Waals surface area contributed by atoms with Crippen LogP contribution >= 0.6 is 50.9 Å². The fourth-order valence-electron chi connectivity index (χ4n) is 3.35. The summed E-state index contributed by atoms with van der Waals surface area (Å²) in [4.78, 5) is 26.6. The average Bonchev–Trinajstić information content (AvgIpc) is 3.17. The third kappa shape index (κ3) is 5.66. The molecule has 33 heavy (non-hydrogen) atoms. The first-order chi connectivity index (χ1) is 15.8. The second-order valence-electron chi connectivity index (χ2n) is 7.39. The summed E-state index contributed by atoms with van der Waals surface area (Å²) in [6.45, 7) is 1.74. The molecule has 1 atom stereocenters. The molecule has 5 nitrogen and oxygen atoms in total. The standard InChI is InChI=1S/C24H19BrCl2N2O3S/c1-14-2-6-17(11-20(14)27)28-22(30)12-32-21-9-3-15(10-19(21)25)24-29(23(31)13-33-24)18-7-4-16(26)5-8-18/h2-11,24H,12-13H2,1H3,(H,28,30)/t24-/m1/s1. The van der Waals surface area contributed by atoms with Crippen molar-refractivity contribution in [2.75, 3.05) is 22.6 Å². The Kier molecular flexibility index (Phi) is 7.54. The van der Waals surface area contributed by atoms with Crippen molar-refractivity contribution in [3.63, 3.8) is 0 Å². The monoisotopic (exact) mass is 564 g/mol. The Bertz CT molecular complexity index is 1210. The molecule has 0 bridgehead atoms. The molecule has 4 rings (SSSR count). The van der Waals surface area contributed by atoms with Crippen LogP contribution in [0, 0.1) is 6.92 Å². The number of ether oxygens (including phenoxy) is 1. The molecule has 9 heteroatoms. The number of thioether (sulfide) groups is 1. The molecule has 1 aliphatic rings. The Balaban J connectivity index is 1.43. The summed E-state index contributed by atoms with van der Waals surface area (Å²) in [7, 11) is 0. The molecule has 2 amide bonds. The molecular formula is C24H19BrCl2N2O3S. The van der Waals surface area contributed by atoms with Gasteiger partial charge in [0.05, 0.1) is 10.2 Å². The molecule has 170 valence electrons. The van der Waals surface area contributed by atoms with E-state index in [9.17, 15) is 9.59 Å². The normalized spacial score (nSPS) is 15.6. The minimum absolute atomic E-state index is 0.0386. The molecule has 3 aromatic rings. The first kappa shape index (κ1) is 24.0. The van der Waals surface area contributed by atoms with E-state index in [0.717, 1.165) is 16.8 Å². The molecule has 0 aliphatic carbocycles. The number of rotatable bonds is 6. The van der Waals surface area contributed by atoms with Gasteiger partial charge < -0.3 is 10.1 Å². The van der Waals surface area contributed by atoms with Crippen LogP contribution in [0.5, 0.6) is 5.75 Å². The molecule has 1 heterocycles. The number of carbonyl (C=O) groups is 2. The maximum absolute atomic E-state index is 12.5. The first-order valence-corrected chi connectivity index (χ1v) is 12.6. The van der Waals surface area contributed by atoms with Gasteiger partial charge in [0.2, 0.25) is 5.91 Å². The molecule has 1 fully saturated rings. The second-order valence-corrected chi connectivity index (χ2v) is 10.2. The fourth-order valence-corrected chi connectivity index (χ4v) is 5.33. The summed E-state index contributed by atoms with van der Waals surface area (Å²) in [5.74, 6) is 0.670. The predicted molar refractivity (Wildman–Crippen MR) is 139 cm³/mol. The van der Waals surface area contributed by atoms with E-state index in [1.165, 1.54) is 0 Å². The van der Waals surface area contributed by atoms with Crippen LogP contribution < -0.4 is 15.0 Å². The van der Waals surface area contributed by atoms with Crippen LogP contribution in [0.15, 0.2) is 65.1 Å². The lowest BCUT2D eigenvalue weighted by molar-refractivity contribution is -0.118. The Morgan fingerprint density at radius 2 is 1.91 bits per heavy atom. The summed E-state index contributed by atoms with van der Waals surface area (Å²) in [5.41, 5.74) is 3.29. The number of aryl methyl sites for hydroxylation is 1. The van der Waals surface area contributed by atoms with E-state index >= 15 is 0 Å². The largest absolute Gasteiger partial charge is 0.483 e. The van der Waals surface area contributed by atoms with Gasteiger partial charge in [-0.15, -0.1) is 11.8 Å². The zero-order valence-corrected chi connectivity index (χ0v) is 21.4. The van der Waals surface area contributed by atoms with Gasteiger partial charge in [0.25, 0.3) is 5.91 Å². The van der Waals surface area contributed by atoms with Gasteiger partial charge in [-0.1, -0.05) is 35.3 Å². The van der Waals surface area contributed by atoms with Gasteiger partial charge in [-0.2, -0.15) is 0 Å². The van der Waals surface area contributed by atoms with Crippen LogP contribution in [-0.4, -0.2) is 24.2 Å². The highest BCUT2D eigenvalue weighted by atomic mass is 79.9. The maximum Gasteiger partial charge on any atom is 0.262 e. The SMILES string of the molecule is Cc1ccc(NC(=O)COc2ccc([C@H]3SCC(=O)N3c3ccc(Cl)cc3)cc2Br)cc1Cl. The Hall–Kier alpha value is -2.19. The van der Waals surface area contributed by atoms with Crippen molar-refractivity contribution in [2.24, 2.45) is 0 Å². The van der Waals surface area contributed by atoms with E-state index in [4.69, 9.17) is 27.9 Å². The van der Waals surface area contributed by atoms with Crippen LogP contribution in [0.2, 0.25) is 10.0 Å². The molecular weight excluding hydrogens is 547 g/mol. The highest BCUT2D eigenvalue weighted by Gasteiger charge is 2.34. The number of hydrogen-bond donors (Lipinski definition) is 1. The third-order valence-corrected chi connectivity index (χ3v) is 7.52. The Morgan fingerprint density at radius 3 is 2.61 bits per heavy atom. The maximum atomic E-state index is 12.5. The fraction of sp³-hybridized carbons (Fsp3) is 0.167. The number of nitrogens with zero attached hydrogens (tertiary/aromatic N) is 1. The summed E-state index contributed by atoms with van der Waals surface area (Å²) < 4.78 is 6.39. The summed E-state index contributed by atoms with van der Waals surface area (Å²) >= 11 is 17.2. The quantitative estimate of drug-likeness (QED) is 0.354. The van der Waals surface area contributed by atoms with Crippen molar-refractivity contribution in [1.82, 2.24) is 0 Å². The number of nitrogens with one attached hydrogen (secondary N) is 1. The van der Waals surface area contributed by atoms with Crippen LogP contribution in [-0.2, 0) is 9.59 Å². The van der Waals surface area contributed by atoms with Gasteiger partial charge >= 0.3 is 0 Å². The van der Waals surface area contributed by atoms with Gasteiger partial charge in [0.1, 0.15) is 11.1 Å². The Labute approximate surface area is 214 Å². The van der Waals surface area contributed by atoms with Crippen molar-refractivity contribution >= 4 is 74.1 Å². The van der Waals surface area contributed by atoms with Crippen molar-refractivity contribution < 1.29 is 14.3 Å². The van der Waals surface area contributed by atoms with Gasteiger partial charge in [0, 0.05) is 21.4 Å². The Morgan fingerprint density at radius 1 is 1.15 bits per heavy atom. The van der Waals surface area contributed by atoms with Crippen molar-refractivity contribution in [2.45, 2.75) is 12.3 Å². The number of amides is 2. The number of halogens is 3. The van der Waals surface area contributed by atoms with E-state index in [0.29, 0.717) is 31.7 Å². The second kappa shape index (κ2) is 10.4. The molecule has 1 aliphatic heterocycles. The highest BCUT2D eigenvalue weighted by Crippen LogP contribution is 2.43. The van der Waals surface area contributed by atoms with Gasteiger partial charge in [-0.25, -0.2) is 0 Å². The lowest BCUT2D eigenvalue weighted by atomic mass is 10.1. The molecule has 0 saturated carbocycles. The molecule has 0 radical (unpaired) electrons. The topological polar surface area (TPSA) is 58.6 Å². The zero-order valence-electron chi connectivity index (χ0n) is 17.5. The smallest absolute Gasteiger partial charge is 0.262 e. The van der Waals surface area contributed by atoms with Crippen LogP contribution in [0.4, 0.5) is 11.4 Å². The predicted octanol–water partition coefficient (Wildman–Crippen LogP) is 6.86. The van der Waals surface area contributed by atoms with E-state index in [2.05, 4.69) is 21.2 Å². The number of anilines is 2. The summed E-state index contributed by atoms with van der Waals surface area (Å²) in [5, 5.41) is 3.80. The molecule has 0 aromatic heterocycles. The van der Waals surface area contributed by atoms with E-state index in [1.54, 1.807) is 47.0 Å². The number of benzene rings is 3. The first-order valence-electron chi connectivity index (χ1n) is 9.99. The minimum atomic E-state index is -0.295. The molecule has 1 saturated heterocycles. The van der Waals surface area contributed by atoms with E-state index < -0.39 is 0 Å². The molecule has 0 unspecified atom stereocenters. The average molecular weight is 566 g/mol. The molecule has 1 N–H and O–H groups in total. The van der Waals surface area contributed by atoms with Gasteiger partial charge in [-0.05, 0) is 82.5 Å². The molecule has 0 spiro atoms. The lowest BCUT2D eigenvalue weighted by Crippen LogP contribution is -2.27. The van der Waals surface area contributed by atoms with E-state index in [1.807, 2.05) is 37.3 Å². The summed E-state index contributed by atoms with van der Waals surface area (Å²) in [6, 6.07) is 18.1. The van der Waals surface area contributed by atoms with Crippen molar-refractivity contribution in [3.8, 4) is 5.75 Å². The third-order valence-electron chi connectivity index (χ3n) is 5.03.